The maximum atomic E-state index is 13.6. The van der Waals surface area contributed by atoms with E-state index in [1.54, 1.807) is 0 Å². The molecular formula is C29H46N2O3. The predicted octanol–water partition coefficient (Wildman–Crippen LogP) is 5.67. The van der Waals surface area contributed by atoms with Gasteiger partial charge in [-0.15, -0.1) is 0 Å². The number of benzene rings is 1. The molecule has 34 heavy (non-hydrogen) atoms. The highest BCUT2D eigenvalue weighted by Gasteiger charge is 2.52. The van der Waals surface area contributed by atoms with Gasteiger partial charge in [-0.2, -0.15) is 0 Å². The van der Waals surface area contributed by atoms with Gasteiger partial charge in [-0.1, -0.05) is 40.5 Å². The molecule has 2 fully saturated rings. The van der Waals surface area contributed by atoms with Gasteiger partial charge in [-0.25, -0.2) is 0 Å². The summed E-state index contributed by atoms with van der Waals surface area (Å²) in [7, 11) is 0. The van der Waals surface area contributed by atoms with Gasteiger partial charge in [0.25, 0.3) is 0 Å². The van der Waals surface area contributed by atoms with Crippen molar-refractivity contribution in [3.05, 3.63) is 29.3 Å². The molecule has 1 saturated heterocycles. The summed E-state index contributed by atoms with van der Waals surface area (Å²) in [4.78, 5) is 16.1. The molecule has 5 nitrogen and oxygen atoms in total. The van der Waals surface area contributed by atoms with Gasteiger partial charge in [0.15, 0.2) is 5.78 Å². The summed E-state index contributed by atoms with van der Waals surface area (Å²) in [6.45, 7) is 14.0. The topological polar surface area (TPSA) is 50.8 Å². The van der Waals surface area contributed by atoms with E-state index >= 15 is 0 Å². The second-order valence-corrected chi connectivity index (χ2v) is 11.2. The molecule has 0 amide bonds. The van der Waals surface area contributed by atoms with Crippen LogP contribution in [0.5, 0.6) is 0 Å². The summed E-state index contributed by atoms with van der Waals surface area (Å²) in [6, 6.07) is 6.55. The molecule has 1 aromatic carbocycles. The molecule has 0 radical (unpaired) electrons. The molecule has 1 heterocycles. The van der Waals surface area contributed by atoms with Crippen LogP contribution in [-0.2, 0) is 14.9 Å². The number of fused-ring (bicyclic) bond motifs is 4. The lowest BCUT2D eigenvalue weighted by Crippen LogP contribution is -2.61. The summed E-state index contributed by atoms with van der Waals surface area (Å²) < 4.78 is 11.9. The molecule has 0 unspecified atom stereocenters. The van der Waals surface area contributed by atoms with Crippen LogP contribution in [0.4, 0.5) is 5.69 Å². The quantitative estimate of drug-likeness (QED) is 0.355. The zero-order chi connectivity index (χ0) is 24.1. The molecule has 1 saturated carbocycles. The molecule has 2 bridgehead atoms. The highest BCUT2D eigenvalue weighted by atomic mass is 16.5. The summed E-state index contributed by atoms with van der Waals surface area (Å²) >= 11 is 0. The number of nitrogens with one attached hydrogen (secondary N) is 1. The zero-order valence-electron chi connectivity index (χ0n) is 21.9. The summed E-state index contributed by atoms with van der Waals surface area (Å²) in [5, 5.41) is 3.68. The van der Waals surface area contributed by atoms with Crippen molar-refractivity contribution in [1.29, 1.82) is 0 Å². The standard InChI is InChI=1S/C29H46N2O3/c1-5-7-15-33-19-24(20-34-16-8-6-2)30-23-11-12-25-26(17-23)29(4)13-14-31(18-22-9-10-22)27(21(29)3)28(25)32/h11-12,17,21-22,24,27,30H,5-10,13-16,18-20H2,1-4H3/t21-,27-,29+/m0/s1. The number of likely N-dealkylation sites (tertiary alicyclic amines) is 1. The number of ether oxygens (including phenoxy) is 2. The van der Waals surface area contributed by atoms with Gasteiger partial charge in [0.2, 0.25) is 0 Å². The number of hydrogen-bond donors (Lipinski definition) is 1. The molecule has 1 aliphatic heterocycles. The second kappa shape index (κ2) is 11.5. The summed E-state index contributed by atoms with van der Waals surface area (Å²) in [5.74, 6) is 1.48. The van der Waals surface area contributed by atoms with Crippen LogP contribution in [-0.4, -0.2) is 62.3 Å². The van der Waals surface area contributed by atoms with Crippen LogP contribution in [0.2, 0.25) is 0 Å². The van der Waals surface area contributed by atoms with E-state index < -0.39 is 0 Å². The predicted molar refractivity (Wildman–Crippen MR) is 139 cm³/mol. The van der Waals surface area contributed by atoms with Crippen molar-refractivity contribution >= 4 is 11.5 Å². The zero-order valence-corrected chi connectivity index (χ0v) is 21.9. The number of rotatable bonds is 14. The fraction of sp³-hybridized carbons (Fsp3) is 0.759. The van der Waals surface area contributed by atoms with E-state index in [0.29, 0.717) is 24.9 Å². The third-order valence-corrected chi connectivity index (χ3v) is 8.44. The van der Waals surface area contributed by atoms with Gasteiger partial charge in [0.05, 0.1) is 25.3 Å². The number of carbonyl (C=O) groups excluding carboxylic acids is 1. The molecule has 1 aromatic rings. The van der Waals surface area contributed by atoms with Crippen LogP contribution >= 0.6 is 0 Å². The average molecular weight is 471 g/mol. The van der Waals surface area contributed by atoms with E-state index in [0.717, 1.165) is 75.6 Å². The first-order valence-corrected chi connectivity index (χ1v) is 13.8. The van der Waals surface area contributed by atoms with Gasteiger partial charge in [0.1, 0.15) is 0 Å². The Hall–Kier alpha value is -1.43. The number of Topliss-reactive ketones (excluding diaryl/α,β-unsaturated/α-hetero) is 1. The van der Waals surface area contributed by atoms with Crippen LogP contribution in [0.3, 0.4) is 0 Å². The van der Waals surface area contributed by atoms with Crippen molar-refractivity contribution in [3.63, 3.8) is 0 Å². The van der Waals surface area contributed by atoms with E-state index in [1.165, 1.54) is 18.4 Å². The molecule has 2 aliphatic carbocycles. The first-order valence-electron chi connectivity index (χ1n) is 13.8. The summed E-state index contributed by atoms with van der Waals surface area (Å²) in [6.07, 6.45) is 8.23. The molecule has 5 heteroatoms. The van der Waals surface area contributed by atoms with Gasteiger partial charge in [0, 0.05) is 31.0 Å². The van der Waals surface area contributed by atoms with Crippen LogP contribution in [0.25, 0.3) is 0 Å². The van der Waals surface area contributed by atoms with Crippen LogP contribution < -0.4 is 5.32 Å². The molecule has 190 valence electrons. The fourth-order valence-electron chi connectivity index (χ4n) is 5.81. The Morgan fingerprint density at radius 1 is 1.12 bits per heavy atom. The largest absolute Gasteiger partial charge is 0.379 e. The van der Waals surface area contributed by atoms with E-state index in [1.807, 2.05) is 0 Å². The van der Waals surface area contributed by atoms with Gasteiger partial charge in [-0.05, 0) is 79.7 Å². The Bertz CT molecular complexity index is 812. The Morgan fingerprint density at radius 3 is 2.41 bits per heavy atom. The Morgan fingerprint density at radius 2 is 1.79 bits per heavy atom. The molecule has 1 N–H and O–H groups in total. The third-order valence-electron chi connectivity index (χ3n) is 8.44. The Balaban J connectivity index is 1.49. The van der Waals surface area contributed by atoms with Crippen molar-refractivity contribution in [2.45, 2.75) is 90.1 Å². The highest BCUT2D eigenvalue weighted by Crippen LogP contribution is 2.49. The maximum Gasteiger partial charge on any atom is 0.180 e. The van der Waals surface area contributed by atoms with E-state index in [-0.39, 0.29) is 17.5 Å². The van der Waals surface area contributed by atoms with Gasteiger partial charge < -0.3 is 14.8 Å². The average Bonchev–Trinajstić information content (AvgIpc) is 3.65. The molecule has 0 spiro atoms. The first-order chi connectivity index (χ1) is 16.5. The number of nitrogens with zero attached hydrogens (tertiary/aromatic N) is 1. The lowest BCUT2D eigenvalue weighted by molar-refractivity contribution is 0.0266. The normalized spacial score (nSPS) is 26.7. The summed E-state index contributed by atoms with van der Waals surface area (Å²) in [5.41, 5.74) is 3.28. The minimum atomic E-state index is 0.0381. The number of hydrogen-bond acceptors (Lipinski definition) is 5. The van der Waals surface area contributed by atoms with Crippen molar-refractivity contribution in [2.24, 2.45) is 11.8 Å². The highest BCUT2D eigenvalue weighted by molar-refractivity contribution is 6.04. The molecule has 3 atom stereocenters. The minimum Gasteiger partial charge on any atom is -0.379 e. The van der Waals surface area contributed by atoms with E-state index in [9.17, 15) is 4.79 Å². The molecule has 4 rings (SSSR count). The second-order valence-electron chi connectivity index (χ2n) is 11.2. The molecular weight excluding hydrogens is 424 g/mol. The number of piperidine rings is 1. The first kappa shape index (κ1) is 25.7. The molecule has 0 aromatic heterocycles. The Kier molecular flexibility index (Phi) is 8.71. The number of anilines is 1. The number of ketones is 1. The van der Waals surface area contributed by atoms with Crippen LogP contribution in [0.15, 0.2) is 18.2 Å². The van der Waals surface area contributed by atoms with Gasteiger partial charge >= 0.3 is 0 Å². The fourth-order valence-corrected chi connectivity index (χ4v) is 5.81. The molecule has 3 aliphatic rings. The maximum absolute atomic E-state index is 13.6. The minimum absolute atomic E-state index is 0.0381. The number of unbranched alkanes of at least 4 members (excludes halogenated alkanes) is 2. The monoisotopic (exact) mass is 470 g/mol. The van der Waals surface area contributed by atoms with Crippen molar-refractivity contribution in [3.8, 4) is 0 Å². The Labute approximate surface area is 207 Å². The van der Waals surface area contributed by atoms with Crippen molar-refractivity contribution in [2.75, 3.05) is 44.8 Å². The smallest absolute Gasteiger partial charge is 0.180 e. The SMILES string of the molecule is CCCCOCC(COCCCC)Nc1ccc2c(c1)[C@]1(C)CCN(CC3CC3)[C@H](C2=O)[C@@H]1C. The van der Waals surface area contributed by atoms with Crippen LogP contribution in [0, 0.1) is 11.8 Å². The lowest BCUT2D eigenvalue weighted by Gasteiger charge is -2.53. The lowest BCUT2D eigenvalue weighted by atomic mass is 9.58. The van der Waals surface area contributed by atoms with Crippen molar-refractivity contribution in [1.82, 2.24) is 4.90 Å². The van der Waals surface area contributed by atoms with Crippen LogP contribution in [0.1, 0.15) is 88.6 Å². The van der Waals surface area contributed by atoms with Crippen molar-refractivity contribution < 1.29 is 14.3 Å². The van der Waals surface area contributed by atoms with E-state index in [2.05, 4.69) is 56.1 Å². The third kappa shape index (κ3) is 5.68. The van der Waals surface area contributed by atoms with E-state index in [4.69, 9.17) is 9.47 Å². The number of carbonyl (C=O) groups is 1. The van der Waals surface area contributed by atoms with Gasteiger partial charge in [-0.3, -0.25) is 9.69 Å².